The Morgan fingerprint density at radius 2 is 1.74 bits per heavy atom. The lowest BCUT2D eigenvalue weighted by atomic mass is 10.1. The highest BCUT2D eigenvalue weighted by molar-refractivity contribution is 6.33. The topological polar surface area (TPSA) is 91.0 Å². The minimum atomic E-state index is -0.480. The van der Waals surface area contributed by atoms with Crippen molar-refractivity contribution in [3.63, 3.8) is 0 Å². The normalized spacial score (nSPS) is 14.1. The summed E-state index contributed by atoms with van der Waals surface area (Å²) in [5.74, 6) is -0.0458. The van der Waals surface area contributed by atoms with Crippen LogP contribution in [-0.4, -0.2) is 67.4 Å². The third kappa shape index (κ3) is 6.44. The first-order chi connectivity index (χ1) is 15.0. The van der Waals surface area contributed by atoms with Crippen molar-refractivity contribution in [1.29, 1.82) is 0 Å². The van der Waals surface area contributed by atoms with Crippen molar-refractivity contribution in [1.82, 2.24) is 20.7 Å². The molecular weight excluding hydrogens is 420 g/mol. The number of halogens is 1. The number of nitrogens with one attached hydrogen (secondary N) is 2. The Balaban J connectivity index is 1.40. The molecule has 0 aromatic heterocycles. The van der Waals surface area contributed by atoms with Gasteiger partial charge in [0.05, 0.1) is 30.7 Å². The Morgan fingerprint density at radius 1 is 1.00 bits per heavy atom. The first-order valence-electron chi connectivity index (χ1n) is 9.93. The molecule has 0 spiro atoms. The molecule has 0 aliphatic carbocycles. The van der Waals surface area contributed by atoms with Crippen LogP contribution in [0.3, 0.4) is 0 Å². The number of methoxy groups -OCH3 is 1. The highest BCUT2D eigenvalue weighted by Gasteiger charge is 2.23. The number of carbonyl (C=O) groups is 3. The van der Waals surface area contributed by atoms with E-state index >= 15 is 0 Å². The molecule has 9 heteroatoms. The molecule has 3 rings (SSSR count). The molecule has 3 amide bonds. The molecule has 1 aliphatic rings. The number of rotatable bonds is 6. The standard InChI is InChI=1S/C22H25ClN4O4/c1-31-17-6-4-5-16(13-17)14-21(29)27-11-9-26(10-12-27)15-20(28)24-25-22(30)18-7-2-3-8-19(18)23/h2-8,13H,9-12,14-15H2,1H3,(H,24,28)(H,25,30). The summed E-state index contributed by atoms with van der Waals surface area (Å²) in [4.78, 5) is 40.6. The molecule has 1 saturated heterocycles. The number of carbonyl (C=O) groups excluding carboxylic acids is 3. The van der Waals surface area contributed by atoms with E-state index in [0.29, 0.717) is 37.6 Å². The van der Waals surface area contributed by atoms with E-state index in [-0.39, 0.29) is 23.9 Å². The van der Waals surface area contributed by atoms with E-state index in [4.69, 9.17) is 16.3 Å². The summed E-state index contributed by atoms with van der Waals surface area (Å²) in [6, 6.07) is 14.1. The van der Waals surface area contributed by atoms with Crippen molar-refractivity contribution in [3.8, 4) is 5.75 Å². The van der Waals surface area contributed by atoms with E-state index < -0.39 is 5.91 Å². The van der Waals surface area contributed by atoms with Gasteiger partial charge in [-0.15, -0.1) is 0 Å². The largest absolute Gasteiger partial charge is 0.497 e. The van der Waals surface area contributed by atoms with Gasteiger partial charge in [0.15, 0.2) is 0 Å². The number of ether oxygens (including phenoxy) is 1. The van der Waals surface area contributed by atoms with Crippen molar-refractivity contribution >= 4 is 29.3 Å². The van der Waals surface area contributed by atoms with Gasteiger partial charge in [-0.1, -0.05) is 35.9 Å². The maximum atomic E-state index is 12.6. The second-order valence-corrected chi connectivity index (χ2v) is 7.57. The second-order valence-electron chi connectivity index (χ2n) is 7.17. The summed E-state index contributed by atoms with van der Waals surface area (Å²) in [6.45, 7) is 2.37. The fourth-order valence-corrected chi connectivity index (χ4v) is 3.53. The van der Waals surface area contributed by atoms with Gasteiger partial charge in [0.1, 0.15) is 5.75 Å². The zero-order valence-electron chi connectivity index (χ0n) is 17.3. The van der Waals surface area contributed by atoms with Crippen molar-refractivity contribution in [3.05, 3.63) is 64.7 Å². The third-order valence-corrected chi connectivity index (χ3v) is 5.35. The summed E-state index contributed by atoms with van der Waals surface area (Å²) >= 11 is 5.98. The van der Waals surface area contributed by atoms with Crippen LogP contribution in [0.1, 0.15) is 15.9 Å². The third-order valence-electron chi connectivity index (χ3n) is 5.02. The van der Waals surface area contributed by atoms with Gasteiger partial charge in [0.2, 0.25) is 5.91 Å². The quantitative estimate of drug-likeness (QED) is 0.659. The van der Waals surface area contributed by atoms with E-state index in [1.54, 1.807) is 36.3 Å². The first-order valence-corrected chi connectivity index (χ1v) is 10.3. The van der Waals surface area contributed by atoms with Crippen LogP contribution in [0, 0.1) is 0 Å². The summed E-state index contributed by atoms with van der Waals surface area (Å²) in [7, 11) is 1.60. The number of hydrogen-bond donors (Lipinski definition) is 2. The predicted molar refractivity (Wildman–Crippen MR) is 117 cm³/mol. The Hall–Kier alpha value is -3.10. The predicted octanol–water partition coefficient (Wildman–Crippen LogP) is 1.50. The Bertz CT molecular complexity index is 945. The molecule has 31 heavy (non-hydrogen) atoms. The fourth-order valence-electron chi connectivity index (χ4n) is 3.31. The minimum Gasteiger partial charge on any atom is -0.497 e. The molecular formula is C22H25ClN4O4. The average molecular weight is 445 g/mol. The number of nitrogens with zero attached hydrogens (tertiary/aromatic N) is 2. The van der Waals surface area contributed by atoms with Gasteiger partial charge in [-0.05, 0) is 29.8 Å². The molecule has 0 bridgehead atoms. The second kappa shape index (κ2) is 10.8. The first kappa shape index (κ1) is 22.6. The lowest BCUT2D eigenvalue weighted by molar-refractivity contribution is -0.132. The van der Waals surface area contributed by atoms with Gasteiger partial charge in [-0.3, -0.25) is 30.1 Å². The Labute approximate surface area is 186 Å². The van der Waals surface area contributed by atoms with Gasteiger partial charge in [0, 0.05) is 26.2 Å². The molecule has 1 aliphatic heterocycles. The van der Waals surface area contributed by atoms with Crippen LogP contribution < -0.4 is 15.6 Å². The maximum absolute atomic E-state index is 12.6. The van der Waals surface area contributed by atoms with Crippen LogP contribution in [0.2, 0.25) is 5.02 Å². The van der Waals surface area contributed by atoms with Crippen LogP contribution in [-0.2, 0) is 16.0 Å². The molecule has 2 aromatic rings. The van der Waals surface area contributed by atoms with E-state index in [2.05, 4.69) is 10.9 Å². The average Bonchev–Trinajstić information content (AvgIpc) is 2.78. The molecule has 0 saturated carbocycles. The van der Waals surface area contributed by atoms with E-state index in [1.165, 1.54) is 0 Å². The molecule has 164 valence electrons. The monoisotopic (exact) mass is 444 g/mol. The van der Waals surface area contributed by atoms with Gasteiger partial charge in [0.25, 0.3) is 11.8 Å². The summed E-state index contributed by atoms with van der Waals surface area (Å²) < 4.78 is 5.20. The van der Waals surface area contributed by atoms with Crippen molar-refractivity contribution < 1.29 is 19.1 Å². The zero-order chi connectivity index (χ0) is 22.2. The zero-order valence-corrected chi connectivity index (χ0v) is 18.0. The van der Waals surface area contributed by atoms with Crippen molar-refractivity contribution in [2.45, 2.75) is 6.42 Å². The molecule has 1 fully saturated rings. The van der Waals surface area contributed by atoms with Gasteiger partial charge < -0.3 is 9.64 Å². The van der Waals surface area contributed by atoms with Crippen LogP contribution in [0.5, 0.6) is 5.75 Å². The van der Waals surface area contributed by atoms with Crippen molar-refractivity contribution in [2.75, 3.05) is 39.8 Å². The molecule has 1 heterocycles. The molecule has 8 nitrogen and oxygen atoms in total. The van der Waals surface area contributed by atoms with Crippen molar-refractivity contribution in [2.24, 2.45) is 0 Å². The van der Waals surface area contributed by atoms with Crippen LogP contribution in [0.4, 0.5) is 0 Å². The Morgan fingerprint density at radius 3 is 2.45 bits per heavy atom. The highest BCUT2D eigenvalue weighted by atomic mass is 35.5. The number of amides is 3. The molecule has 2 N–H and O–H groups in total. The van der Waals surface area contributed by atoms with Gasteiger partial charge >= 0.3 is 0 Å². The van der Waals surface area contributed by atoms with E-state index in [0.717, 1.165) is 11.3 Å². The summed E-state index contributed by atoms with van der Waals surface area (Å²) in [5.41, 5.74) is 5.96. The lowest BCUT2D eigenvalue weighted by Gasteiger charge is -2.34. The number of piperazine rings is 1. The Kier molecular flexibility index (Phi) is 7.86. The van der Waals surface area contributed by atoms with Crippen LogP contribution in [0.15, 0.2) is 48.5 Å². The maximum Gasteiger partial charge on any atom is 0.271 e. The van der Waals surface area contributed by atoms with E-state index in [1.807, 2.05) is 29.2 Å². The van der Waals surface area contributed by atoms with E-state index in [9.17, 15) is 14.4 Å². The fraction of sp³-hybridized carbons (Fsp3) is 0.318. The SMILES string of the molecule is COc1cccc(CC(=O)N2CCN(CC(=O)NNC(=O)c3ccccc3Cl)CC2)c1. The highest BCUT2D eigenvalue weighted by Crippen LogP contribution is 2.15. The van der Waals surface area contributed by atoms with Gasteiger partial charge in [-0.2, -0.15) is 0 Å². The van der Waals surface area contributed by atoms with Crippen LogP contribution >= 0.6 is 11.6 Å². The smallest absolute Gasteiger partial charge is 0.271 e. The molecule has 0 unspecified atom stereocenters. The summed E-state index contributed by atoms with van der Waals surface area (Å²) in [5, 5.41) is 0.309. The summed E-state index contributed by atoms with van der Waals surface area (Å²) in [6.07, 6.45) is 0.311. The molecule has 0 atom stereocenters. The number of hydrazine groups is 1. The molecule has 2 aromatic carbocycles. The number of hydrogen-bond acceptors (Lipinski definition) is 5. The van der Waals surface area contributed by atoms with Gasteiger partial charge in [-0.25, -0.2) is 0 Å². The van der Waals surface area contributed by atoms with Crippen LogP contribution in [0.25, 0.3) is 0 Å². The lowest BCUT2D eigenvalue weighted by Crippen LogP contribution is -2.53. The number of benzene rings is 2. The molecule has 0 radical (unpaired) electrons. The minimum absolute atomic E-state index is 0.0457.